The predicted molar refractivity (Wildman–Crippen MR) is 142 cm³/mol. The van der Waals surface area contributed by atoms with Crippen LogP contribution in [-0.4, -0.2) is 23.4 Å². The zero-order chi connectivity index (χ0) is 26.1. The van der Waals surface area contributed by atoms with Gasteiger partial charge in [-0.15, -0.1) is 18.9 Å². The molecular formula is C27H22F3N5OS. The summed E-state index contributed by atoms with van der Waals surface area (Å²) in [6.07, 6.45) is 0.916. The SMILES string of the molecule is FC(F)(F)Oc1ccc(N2C=C=CCC(c3ccc(/C=N/NC(=S)NCc4ccccc4)cc3)=N2)cc1. The van der Waals surface area contributed by atoms with Crippen molar-refractivity contribution in [2.24, 2.45) is 10.2 Å². The number of ether oxygens (including phenoxy) is 1. The predicted octanol–water partition coefficient (Wildman–Crippen LogP) is 5.87. The number of allylic oxidation sites excluding steroid dienone is 1. The Morgan fingerprint density at radius 2 is 1.78 bits per heavy atom. The van der Waals surface area contributed by atoms with Crippen molar-refractivity contribution < 1.29 is 17.9 Å². The summed E-state index contributed by atoms with van der Waals surface area (Å²) in [6, 6.07) is 23.0. The molecule has 0 atom stereocenters. The normalized spacial score (nSPS) is 13.3. The van der Waals surface area contributed by atoms with E-state index in [4.69, 9.17) is 12.2 Å². The van der Waals surface area contributed by atoms with E-state index in [9.17, 15) is 13.2 Å². The van der Waals surface area contributed by atoms with Gasteiger partial charge in [0.25, 0.3) is 0 Å². The number of anilines is 1. The molecule has 1 aliphatic heterocycles. The number of hydrogen-bond acceptors (Lipinski definition) is 5. The van der Waals surface area contributed by atoms with Gasteiger partial charge in [0.05, 0.1) is 23.8 Å². The standard InChI is InChI=1S/C27H22F3N5OS/c28-27(29,30)36-24-15-13-23(14-16-24)35-17-5-4-8-25(34-35)22-11-9-21(10-12-22)19-32-33-26(37)31-18-20-6-2-1-3-7-20/h1-4,6-7,9-17,19H,8,18H2,(H2,31,33,37)/b32-19+. The minimum atomic E-state index is -4.74. The van der Waals surface area contributed by atoms with Crippen molar-refractivity contribution in [3.8, 4) is 5.75 Å². The summed E-state index contributed by atoms with van der Waals surface area (Å²) in [4.78, 5) is 0. The summed E-state index contributed by atoms with van der Waals surface area (Å²) in [6.45, 7) is 0.602. The summed E-state index contributed by atoms with van der Waals surface area (Å²) in [5.74, 6) is -0.297. The average Bonchev–Trinajstić information content (AvgIpc) is 3.15. The van der Waals surface area contributed by atoms with E-state index in [2.05, 4.69) is 31.4 Å². The molecular weight excluding hydrogens is 499 g/mol. The first-order valence-electron chi connectivity index (χ1n) is 11.2. The van der Waals surface area contributed by atoms with Gasteiger partial charge in [-0.3, -0.25) is 5.43 Å². The Balaban J connectivity index is 1.36. The van der Waals surface area contributed by atoms with Crippen LogP contribution in [0, 0.1) is 0 Å². The van der Waals surface area contributed by atoms with Crippen molar-refractivity contribution in [1.29, 1.82) is 0 Å². The molecule has 188 valence electrons. The maximum absolute atomic E-state index is 12.4. The Hall–Kier alpha value is -4.40. The van der Waals surface area contributed by atoms with Crippen LogP contribution in [0.15, 0.2) is 107 Å². The summed E-state index contributed by atoms with van der Waals surface area (Å²) in [5.41, 5.74) is 10.0. The van der Waals surface area contributed by atoms with E-state index in [-0.39, 0.29) is 5.75 Å². The van der Waals surface area contributed by atoms with E-state index >= 15 is 0 Å². The largest absolute Gasteiger partial charge is 0.573 e. The molecule has 0 aromatic heterocycles. The number of hydrogen-bond donors (Lipinski definition) is 2. The summed E-state index contributed by atoms with van der Waals surface area (Å²) in [7, 11) is 0. The lowest BCUT2D eigenvalue weighted by molar-refractivity contribution is -0.274. The smallest absolute Gasteiger partial charge is 0.406 e. The van der Waals surface area contributed by atoms with Gasteiger partial charge >= 0.3 is 6.36 Å². The quantitative estimate of drug-likeness (QED) is 0.176. The van der Waals surface area contributed by atoms with Crippen LogP contribution < -0.4 is 20.5 Å². The second-order valence-corrected chi connectivity index (χ2v) is 8.21. The van der Waals surface area contributed by atoms with Gasteiger partial charge in [0.15, 0.2) is 5.11 Å². The van der Waals surface area contributed by atoms with Crippen molar-refractivity contribution in [2.75, 3.05) is 5.01 Å². The van der Waals surface area contributed by atoms with Gasteiger partial charge in [-0.1, -0.05) is 54.6 Å². The van der Waals surface area contributed by atoms with Gasteiger partial charge in [-0.25, -0.2) is 5.01 Å². The molecule has 0 saturated heterocycles. The molecule has 1 aliphatic rings. The van der Waals surface area contributed by atoms with Crippen LogP contribution in [0.2, 0.25) is 0 Å². The lowest BCUT2D eigenvalue weighted by atomic mass is 10.1. The van der Waals surface area contributed by atoms with E-state index in [0.29, 0.717) is 23.8 Å². The number of rotatable bonds is 7. The third-order valence-corrected chi connectivity index (χ3v) is 5.33. The van der Waals surface area contributed by atoms with Crippen LogP contribution in [0.3, 0.4) is 0 Å². The van der Waals surface area contributed by atoms with Crippen LogP contribution in [0.25, 0.3) is 0 Å². The molecule has 37 heavy (non-hydrogen) atoms. The maximum Gasteiger partial charge on any atom is 0.573 e. The van der Waals surface area contributed by atoms with Crippen LogP contribution in [0.4, 0.5) is 18.9 Å². The number of alkyl halides is 3. The number of benzene rings is 3. The van der Waals surface area contributed by atoms with E-state index in [1.54, 1.807) is 17.4 Å². The van der Waals surface area contributed by atoms with E-state index in [1.165, 1.54) is 24.3 Å². The summed E-state index contributed by atoms with van der Waals surface area (Å²) in [5, 5.41) is 13.9. The number of nitrogens with one attached hydrogen (secondary N) is 2. The first-order valence-corrected chi connectivity index (χ1v) is 11.6. The Kier molecular flexibility index (Phi) is 8.35. The van der Waals surface area contributed by atoms with Gasteiger partial charge in [-0.2, -0.15) is 10.2 Å². The molecule has 0 aliphatic carbocycles. The summed E-state index contributed by atoms with van der Waals surface area (Å²) >= 11 is 5.24. The second-order valence-electron chi connectivity index (χ2n) is 7.80. The molecule has 0 radical (unpaired) electrons. The number of hydrazone groups is 2. The molecule has 0 unspecified atom stereocenters. The molecule has 6 nitrogen and oxygen atoms in total. The van der Waals surface area contributed by atoms with Crippen molar-refractivity contribution in [2.45, 2.75) is 19.3 Å². The van der Waals surface area contributed by atoms with Crippen LogP contribution >= 0.6 is 12.2 Å². The fraction of sp³-hybridized carbons (Fsp3) is 0.111. The van der Waals surface area contributed by atoms with Gasteiger partial charge in [0.1, 0.15) is 5.75 Å². The number of thiocarbonyl (C=S) groups is 1. The zero-order valence-electron chi connectivity index (χ0n) is 19.4. The topological polar surface area (TPSA) is 61.2 Å². The van der Waals surface area contributed by atoms with Gasteiger partial charge < -0.3 is 10.1 Å². The van der Waals surface area contributed by atoms with Crippen LogP contribution in [0.1, 0.15) is 23.1 Å². The molecule has 0 amide bonds. The first-order chi connectivity index (χ1) is 17.9. The minimum Gasteiger partial charge on any atom is -0.406 e. The lowest BCUT2D eigenvalue weighted by Crippen LogP contribution is -2.31. The highest BCUT2D eigenvalue weighted by Gasteiger charge is 2.31. The highest BCUT2D eigenvalue weighted by atomic mass is 32.1. The molecule has 3 aromatic carbocycles. The lowest BCUT2D eigenvalue weighted by Gasteiger charge is -2.16. The summed E-state index contributed by atoms with van der Waals surface area (Å²) < 4.78 is 41.2. The van der Waals surface area contributed by atoms with Crippen LogP contribution in [-0.2, 0) is 6.54 Å². The second kappa shape index (κ2) is 12.0. The first kappa shape index (κ1) is 25.7. The third kappa shape index (κ3) is 8.06. The Morgan fingerprint density at radius 3 is 2.49 bits per heavy atom. The molecule has 0 bridgehead atoms. The maximum atomic E-state index is 12.4. The molecule has 0 fully saturated rings. The van der Waals surface area contributed by atoms with Gasteiger partial charge in [0, 0.05) is 13.0 Å². The van der Waals surface area contributed by atoms with Crippen molar-refractivity contribution >= 4 is 34.9 Å². The van der Waals surface area contributed by atoms with Crippen LogP contribution in [0.5, 0.6) is 5.75 Å². The number of halogens is 3. The zero-order valence-corrected chi connectivity index (χ0v) is 20.3. The Morgan fingerprint density at radius 1 is 1.05 bits per heavy atom. The average molecular weight is 522 g/mol. The molecule has 3 aromatic rings. The Bertz CT molecular complexity index is 1330. The van der Waals surface area contributed by atoms with Crippen molar-refractivity contribution in [1.82, 2.24) is 10.7 Å². The van der Waals surface area contributed by atoms with Crippen molar-refractivity contribution in [3.63, 3.8) is 0 Å². The highest BCUT2D eigenvalue weighted by Crippen LogP contribution is 2.26. The fourth-order valence-electron chi connectivity index (χ4n) is 3.33. The minimum absolute atomic E-state index is 0.297. The van der Waals surface area contributed by atoms with E-state index < -0.39 is 6.36 Å². The molecule has 0 spiro atoms. The monoisotopic (exact) mass is 521 g/mol. The third-order valence-electron chi connectivity index (χ3n) is 5.09. The van der Waals surface area contributed by atoms with E-state index in [0.717, 1.165) is 22.4 Å². The molecule has 0 saturated carbocycles. The molecule has 2 N–H and O–H groups in total. The molecule has 4 rings (SSSR count). The number of nitrogens with zero attached hydrogens (tertiary/aromatic N) is 3. The van der Waals surface area contributed by atoms with E-state index in [1.807, 2.05) is 60.7 Å². The highest BCUT2D eigenvalue weighted by molar-refractivity contribution is 7.80. The fourth-order valence-corrected chi connectivity index (χ4v) is 3.46. The van der Waals surface area contributed by atoms with Gasteiger partial charge in [0.2, 0.25) is 0 Å². The molecule has 1 heterocycles. The van der Waals surface area contributed by atoms with Gasteiger partial charge in [-0.05, 0) is 59.2 Å². The Labute approximate surface area is 217 Å². The van der Waals surface area contributed by atoms with Crippen molar-refractivity contribution in [3.05, 3.63) is 114 Å². The molecule has 10 heteroatoms.